The summed E-state index contributed by atoms with van der Waals surface area (Å²) in [7, 11) is 2.05. The molecule has 0 radical (unpaired) electrons. The van der Waals surface area contributed by atoms with E-state index in [9.17, 15) is 0 Å². The van der Waals surface area contributed by atoms with Gasteiger partial charge in [-0.3, -0.25) is 0 Å². The summed E-state index contributed by atoms with van der Waals surface area (Å²) in [5.41, 5.74) is 0.885. The normalized spacial score (nSPS) is 13.0. The molecule has 3 nitrogen and oxygen atoms in total. The van der Waals surface area contributed by atoms with E-state index >= 15 is 0 Å². The molecule has 18 heavy (non-hydrogen) atoms. The molecule has 0 saturated heterocycles. The van der Waals surface area contributed by atoms with Gasteiger partial charge in [-0.05, 0) is 36.6 Å². The van der Waals surface area contributed by atoms with Crippen LogP contribution in [0.1, 0.15) is 20.8 Å². The van der Waals surface area contributed by atoms with Gasteiger partial charge in [-0.1, -0.05) is 26.0 Å². The molecule has 0 aliphatic carbocycles. The highest BCUT2D eigenvalue weighted by Crippen LogP contribution is 2.27. The van der Waals surface area contributed by atoms with Crippen LogP contribution >= 0.6 is 11.6 Å². The van der Waals surface area contributed by atoms with Gasteiger partial charge in [-0.15, -0.1) is 0 Å². The molecule has 96 valence electrons. The van der Waals surface area contributed by atoms with E-state index in [2.05, 4.69) is 42.7 Å². The molecule has 1 unspecified atom stereocenters. The number of fused-ring (bicyclic) bond motifs is 1. The predicted octanol–water partition coefficient (Wildman–Crippen LogP) is 3.76. The average molecular weight is 264 g/mol. The van der Waals surface area contributed by atoms with E-state index < -0.39 is 0 Å². The molecule has 0 N–H and O–H groups in total. The largest absolute Gasteiger partial charge is 0.356 e. The molecule has 0 saturated carbocycles. The number of benzene rings is 1. The number of hydrogen-bond acceptors (Lipinski definition) is 3. The van der Waals surface area contributed by atoms with Crippen molar-refractivity contribution in [3.63, 3.8) is 0 Å². The standard InChI is InChI=1S/C14H18ClN3/c1-9(2)10(3)18(4)13-11-7-5-6-8-12(11)16-14(15)17-13/h5-10H,1-4H3. The summed E-state index contributed by atoms with van der Waals surface area (Å²) in [5, 5.41) is 1.34. The lowest BCUT2D eigenvalue weighted by Gasteiger charge is -2.29. The Hall–Kier alpha value is -1.35. The molecule has 1 atom stereocenters. The Kier molecular flexibility index (Phi) is 3.71. The molecule has 0 bridgehead atoms. The Morgan fingerprint density at radius 3 is 2.44 bits per heavy atom. The molecular weight excluding hydrogens is 246 g/mol. The minimum absolute atomic E-state index is 0.298. The lowest BCUT2D eigenvalue weighted by molar-refractivity contribution is 0.503. The molecule has 1 aromatic carbocycles. The van der Waals surface area contributed by atoms with Gasteiger partial charge in [0, 0.05) is 18.5 Å². The molecule has 0 spiro atoms. The summed E-state index contributed by atoms with van der Waals surface area (Å²) in [6, 6.07) is 8.34. The number of aromatic nitrogens is 2. The van der Waals surface area contributed by atoms with Gasteiger partial charge in [0.1, 0.15) is 5.82 Å². The van der Waals surface area contributed by atoms with Crippen molar-refractivity contribution in [2.75, 3.05) is 11.9 Å². The first-order valence-electron chi connectivity index (χ1n) is 6.16. The van der Waals surface area contributed by atoms with Crippen LogP contribution in [0.2, 0.25) is 5.28 Å². The van der Waals surface area contributed by atoms with E-state index in [0.29, 0.717) is 17.2 Å². The Labute approximate surface area is 113 Å². The maximum atomic E-state index is 6.00. The maximum absolute atomic E-state index is 6.00. The molecule has 0 fully saturated rings. The highest BCUT2D eigenvalue weighted by Gasteiger charge is 2.18. The number of rotatable bonds is 3. The van der Waals surface area contributed by atoms with Crippen LogP contribution in [0.15, 0.2) is 24.3 Å². The summed E-state index contributed by atoms with van der Waals surface area (Å²) in [4.78, 5) is 10.8. The zero-order valence-corrected chi connectivity index (χ0v) is 11.9. The second-order valence-corrected chi connectivity index (χ2v) is 5.27. The zero-order chi connectivity index (χ0) is 13.3. The van der Waals surface area contributed by atoms with Crippen LogP contribution < -0.4 is 4.90 Å². The van der Waals surface area contributed by atoms with Crippen molar-refractivity contribution >= 4 is 28.3 Å². The van der Waals surface area contributed by atoms with Gasteiger partial charge < -0.3 is 4.90 Å². The van der Waals surface area contributed by atoms with Crippen molar-refractivity contribution in [2.45, 2.75) is 26.8 Å². The third-order valence-electron chi connectivity index (χ3n) is 3.47. The lowest BCUT2D eigenvalue weighted by atomic mass is 10.0. The van der Waals surface area contributed by atoms with E-state index in [1.54, 1.807) is 0 Å². The Morgan fingerprint density at radius 1 is 1.11 bits per heavy atom. The molecule has 1 heterocycles. The fourth-order valence-electron chi connectivity index (χ4n) is 1.94. The second kappa shape index (κ2) is 5.11. The number of para-hydroxylation sites is 1. The molecular formula is C14H18ClN3. The first-order chi connectivity index (χ1) is 8.50. The first kappa shape index (κ1) is 13.1. The Bertz CT molecular complexity index is 554. The van der Waals surface area contributed by atoms with Gasteiger partial charge in [0.05, 0.1) is 5.52 Å². The van der Waals surface area contributed by atoms with Gasteiger partial charge in [-0.2, -0.15) is 4.98 Å². The van der Waals surface area contributed by atoms with Crippen LogP contribution in [0.5, 0.6) is 0 Å². The lowest BCUT2D eigenvalue weighted by Crippen LogP contribution is -2.34. The van der Waals surface area contributed by atoms with Crippen molar-refractivity contribution < 1.29 is 0 Å². The summed E-state index contributed by atoms with van der Waals surface area (Å²) >= 11 is 6.00. The smallest absolute Gasteiger partial charge is 0.224 e. The van der Waals surface area contributed by atoms with Crippen LogP contribution in [0.25, 0.3) is 10.9 Å². The highest BCUT2D eigenvalue weighted by atomic mass is 35.5. The van der Waals surface area contributed by atoms with E-state index in [0.717, 1.165) is 16.7 Å². The molecule has 1 aromatic heterocycles. The predicted molar refractivity (Wildman–Crippen MR) is 77.3 cm³/mol. The van der Waals surface area contributed by atoms with Crippen LogP contribution in [0.4, 0.5) is 5.82 Å². The molecule has 0 aliphatic heterocycles. The Morgan fingerprint density at radius 2 is 1.78 bits per heavy atom. The van der Waals surface area contributed by atoms with Gasteiger partial charge in [0.2, 0.25) is 5.28 Å². The zero-order valence-electron chi connectivity index (χ0n) is 11.2. The van der Waals surface area contributed by atoms with Crippen LogP contribution in [0.3, 0.4) is 0 Å². The van der Waals surface area contributed by atoms with E-state index in [1.807, 2.05) is 24.3 Å². The van der Waals surface area contributed by atoms with Crippen molar-refractivity contribution in [2.24, 2.45) is 5.92 Å². The van der Waals surface area contributed by atoms with Crippen molar-refractivity contribution in [1.29, 1.82) is 0 Å². The third kappa shape index (κ3) is 2.41. The third-order valence-corrected chi connectivity index (χ3v) is 3.63. The Balaban J connectivity index is 2.56. The topological polar surface area (TPSA) is 29.0 Å². The summed E-state index contributed by atoms with van der Waals surface area (Å²) in [6.07, 6.45) is 0. The summed E-state index contributed by atoms with van der Waals surface area (Å²) in [6.45, 7) is 6.59. The average Bonchev–Trinajstić information content (AvgIpc) is 2.35. The van der Waals surface area contributed by atoms with Gasteiger partial charge >= 0.3 is 0 Å². The van der Waals surface area contributed by atoms with E-state index in [4.69, 9.17) is 11.6 Å². The van der Waals surface area contributed by atoms with Crippen molar-refractivity contribution in [3.8, 4) is 0 Å². The van der Waals surface area contributed by atoms with Crippen LogP contribution in [0, 0.1) is 5.92 Å². The van der Waals surface area contributed by atoms with Crippen LogP contribution in [-0.4, -0.2) is 23.1 Å². The molecule has 2 aromatic rings. The van der Waals surface area contributed by atoms with Gasteiger partial charge in [-0.25, -0.2) is 4.98 Å². The van der Waals surface area contributed by atoms with Gasteiger partial charge in [0.25, 0.3) is 0 Å². The molecule has 0 aliphatic rings. The van der Waals surface area contributed by atoms with E-state index in [1.165, 1.54) is 0 Å². The minimum Gasteiger partial charge on any atom is -0.356 e. The number of halogens is 1. The first-order valence-corrected chi connectivity index (χ1v) is 6.53. The maximum Gasteiger partial charge on any atom is 0.224 e. The second-order valence-electron chi connectivity index (χ2n) is 4.93. The quantitative estimate of drug-likeness (QED) is 0.790. The SMILES string of the molecule is CC(C)C(C)N(C)c1nc(Cl)nc2ccccc12. The number of anilines is 1. The molecule has 4 heteroatoms. The number of nitrogens with zero attached hydrogens (tertiary/aromatic N) is 3. The van der Waals surface area contributed by atoms with Crippen molar-refractivity contribution in [3.05, 3.63) is 29.5 Å². The molecule has 2 rings (SSSR count). The monoisotopic (exact) mass is 263 g/mol. The number of hydrogen-bond donors (Lipinski definition) is 0. The van der Waals surface area contributed by atoms with Gasteiger partial charge in [0.15, 0.2) is 0 Å². The molecule has 0 amide bonds. The van der Waals surface area contributed by atoms with Crippen molar-refractivity contribution in [1.82, 2.24) is 9.97 Å². The fraction of sp³-hybridized carbons (Fsp3) is 0.429. The van der Waals surface area contributed by atoms with E-state index in [-0.39, 0.29) is 0 Å². The minimum atomic E-state index is 0.298. The summed E-state index contributed by atoms with van der Waals surface area (Å²) < 4.78 is 0. The highest BCUT2D eigenvalue weighted by molar-refractivity contribution is 6.28. The summed E-state index contributed by atoms with van der Waals surface area (Å²) in [5.74, 6) is 1.44. The fourth-order valence-corrected chi connectivity index (χ4v) is 2.11. The van der Waals surface area contributed by atoms with Crippen LogP contribution in [-0.2, 0) is 0 Å².